The van der Waals surface area contributed by atoms with Gasteiger partial charge in [0.1, 0.15) is 0 Å². The quantitative estimate of drug-likeness (QED) is 0.376. The topological polar surface area (TPSA) is 132 Å². The number of anilines is 1. The van der Waals surface area contributed by atoms with Gasteiger partial charge < -0.3 is 14.7 Å². The van der Waals surface area contributed by atoms with Gasteiger partial charge in [0.2, 0.25) is 27.6 Å². The molecule has 1 aromatic heterocycles. The zero-order chi connectivity index (χ0) is 28.7. The molecule has 224 valence electrons. The van der Waals surface area contributed by atoms with Gasteiger partial charge in [0, 0.05) is 57.9 Å². The third-order valence-corrected chi connectivity index (χ3v) is 8.05. The summed E-state index contributed by atoms with van der Waals surface area (Å²) in [6.07, 6.45) is 3.09. The molecule has 1 aliphatic heterocycles. The number of carbonyl (C=O) groups excluding carboxylic acids is 2. The molecule has 0 unspecified atom stereocenters. The largest absolute Gasteiger partial charge is 0.355 e. The van der Waals surface area contributed by atoms with Gasteiger partial charge in [0.05, 0.1) is 19.3 Å². The fraction of sp³-hybridized carbons (Fsp3) is 0.630. The van der Waals surface area contributed by atoms with E-state index in [2.05, 4.69) is 29.3 Å². The molecule has 1 fully saturated rings. The second kappa shape index (κ2) is 14.6. The van der Waals surface area contributed by atoms with E-state index in [1.165, 1.54) is 15.6 Å². The molecule has 0 bridgehead atoms. The number of aromatic nitrogens is 2. The maximum atomic E-state index is 13.4. The number of piperazine rings is 1. The van der Waals surface area contributed by atoms with Crippen LogP contribution in [-0.2, 0) is 19.6 Å². The molecule has 2 aromatic rings. The summed E-state index contributed by atoms with van der Waals surface area (Å²) in [6.45, 7) is 9.88. The van der Waals surface area contributed by atoms with Gasteiger partial charge in [-0.3, -0.25) is 14.6 Å². The number of sulfonamides is 1. The molecule has 1 saturated heterocycles. The molecule has 0 radical (unpaired) electrons. The van der Waals surface area contributed by atoms with Crippen molar-refractivity contribution in [2.75, 3.05) is 64.0 Å². The second-order valence-electron chi connectivity index (χ2n) is 10.4. The molecular formula is C27H45N7O5S. The Bertz CT molecular complexity index is 1240. The second-order valence-corrected chi connectivity index (χ2v) is 12.4. The molecular weight excluding hydrogens is 534 g/mol. The van der Waals surface area contributed by atoms with Gasteiger partial charge in [-0.25, -0.2) is 13.4 Å². The van der Waals surface area contributed by atoms with Gasteiger partial charge >= 0.3 is 0 Å². The molecule has 13 heteroatoms. The van der Waals surface area contributed by atoms with Crippen molar-refractivity contribution < 1.29 is 22.5 Å². The monoisotopic (exact) mass is 579 g/mol. The summed E-state index contributed by atoms with van der Waals surface area (Å²) in [6, 6.07) is 5.65. The molecule has 3 rings (SSSR count). The predicted molar refractivity (Wildman–Crippen MR) is 156 cm³/mol. The molecule has 1 aromatic carbocycles. The van der Waals surface area contributed by atoms with Crippen molar-refractivity contribution >= 4 is 27.5 Å². The van der Waals surface area contributed by atoms with E-state index in [9.17, 15) is 18.0 Å². The van der Waals surface area contributed by atoms with Crippen molar-refractivity contribution in [3.8, 4) is 11.4 Å². The highest BCUT2D eigenvalue weighted by atomic mass is 32.2. The molecule has 2 heterocycles. The van der Waals surface area contributed by atoms with Crippen LogP contribution in [0.5, 0.6) is 0 Å². The lowest BCUT2D eigenvalue weighted by Crippen LogP contribution is -2.56. The van der Waals surface area contributed by atoms with E-state index in [0.717, 1.165) is 24.1 Å². The van der Waals surface area contributed by atoms with Gasteiger partial charge in [-0.1, -0.05) is 38.6 Å². The molecule has 0 aliphatic carbocycles. The Balaban J connectivity index is 0.00000560. The van der Waals surface area contributed by atoms with Gasteiger partial charge in [0.15, 0.2) is 0 Å². The Labute approximate surface area is 238 Å². The third-order valence-electron chi connectivity index (χ3n) is 6.75. The first-order chi connectivity index (χ1) is 18.3. The van der Waals surface area contributed by atoms with E-state index in [-0.39, 0.29) is 32.3 Å². The van der Waals surface area contributed by atoms with E-state index >= 15 is 0 Å². The molecule has 2 amide bonds. The summed E-state index contributed by atoms with van der Waals surface area (Å²) in [5, 5.41) is 10.3. The van der Waals surface area contributed by atoms with E-state index in [1.54, 1.807) is 18.9 Å². The van der Waals surface area contributed by atoms with E-state index in [0.29, 0.717) is 55.9 Å². The minimum atomic E-state index is -3.28. The molecule has 0 saturated carbocycles. The number of benzene rings is 1. The average molecular weight is 580 g/mol. The number of aryl methyl sites for hydroxylation is 2. The number of nitrogens with zero attached hydrogens (tertiary/aromatic N) is 6. The van der Waals surface area contributed by atoms with Crippen LogP contribution in [-0.4, -0.2) is 104 Å². The van der Waals surface area contributed by atoms with Gasteiger partial charge in [0.25, 0.3) is 5.91 Å². The van der Waals surface area contributed by atoms with Gasteiger partial charge in [-0.05, 0) is 37.3 Å². The van der Waals surface area contributed by atoms with Crippen LogP contribution in [0.25, 0.3) is 11.4 Å². The lowest BCUT2D eigenvalue weighted by molar-refractivity contribution is -0.146. The molecule has 1 aliphatic rings. The summed E-state index contributed by atoms with van der Waals surface area (Å²) < 4.78 is 30.3. The Hall–Kier alpha value is -3.03. The lowest BCUT2D eigenvalue weighted by Gasteiger charge is -2.39. The van der Waals surface area contributed by atoms with E-state index in [4.69, 9.17) is 4.52 Å². The Kier molecular flexibility index (Phi) is 12.1. The van der Waals surface area contributed by atoms with Crippen molar-refractivity contribution in [1.82, 2.24) is 29.8 Å². The van der Waals surface area contributed by atoms with Crippen LogP contribution in [0, 0.1) is 19.8 Å². The van der Waals surface area contributed by atoms with Crippen molar-refractivity contribution in [3.05, 3.63) is 29.7 Å². The minimum Gasteiger partial charge on any atom is -0.355 e. The average Bonchev–Trinajstić information content (AvgIpc) is 3.31. The maximum absolute atomic E-state index is 13.4. The fourth-order valence-corrected chi connectivity index (χ4v) is 5.26. The van der Waals surface area contributed by atoms with Crippen molar-refractivity contribution in [2.45, 2.75) is 48.0 Å². The highest BCUT2D eigenvalue weighted by Gasteiger charge is 2.28. The Morgan fingerprint density at radius 1 is 1.12 bits per heavy atom. The number of likely N-dealkylation sites (N-methyl/N-ethyl adjacent to an activating group) is 1. The van der Waals surface area contributed by atoms with Crippen molar-refractivity contribution in [1.29, 1.82) is 0 Å². The fourth-order valence-electron chi connectivity index (χ4n) is 4.43. The Morgan fingerprint density at radius 3 is 2.38 bits per heavy atom. The summed E-state index contributed by atoms with van der Waals surface area (Å²) >= 11 is 0. The molecule has 0 spiro atoms. The van der Waals surface area contributed by atoms with E-state index in [1.807, 2.05) is 30.1 Å². The number of rotatable bonds is 12. The third kappa shape index (κ3) is 9.27. The van der Waals surface area contributed by atoms with Crippen LogP contribution in [0.15, 0.2) is 22.7 Å². The number of hydrazine groups is 1. The molecule has 40 heavy (non-hydrogen) atoms. The minimum absolute atomic E-state index is 0. The smallest absolute Gasteiger partial charge is 0.256 e. The van der Waals surface area contributed by atoms with E-state index < -0.39 is 10.0 Å². The predicted octanol–water partition coefficient (Wildman–Crippen LogP) is 2.30. The summed E-state index contributed by atoms with van der Waals surface area (Å²) in [4.78, 5) is 32.4. The summed E-state index contributed by atoms with van der Waals surface area (Å²) in [5.74, 6) is 1.05. The number of hydrogen-bond acceptors (Lipinski definition) is 9. The first-order valence-corrected chi connectivity index (χ1v) is 15.1. The standard InChI is InChI=1S/C26H41N7O5S.CH4/c1-19(2)8-7-11-27-24(34)17-31(23-16-22(10-9-20(23)3)26-28-21(4)38-29-26)18-25(35)30(5)32-12-14-33(15-13-32)39(6,36)37;/h9-10,16,19H,7-8,11-15,17-18H2,1-6H3,(H,27,34);1H4. The SMILES string of the molecule is C.Cc1nc(-c2ccc(C)c(N(CC(=O)NCCCC(C)C)CC(=O)N(C)N3CCN(S(C)(=O)=O)CC3)c2)no1. The van der Waals surface area contributed by atoms with Crippen LogP contribution < -0.4 is 10.2 Å². The maximum Gasteiger partial charge on any atom is 0.256 e. The van der Waals surface area contributed by atoms with Crippen LogP contribution in [0.1, 0.15) is 45.6 Å². The lowest BCUT2D eigenvalue weighted by atomic mass is 10.1. The number of nitrogens with one attached hydrogen (secondary N) is 1. The van der Waals surface area contributed by atoms with Crippen LogP contribution in [0.2, 0.25) is 0 Å². The molecule has 0 atom stereocenters. The zero-order valence-electron chi connectivity index (χ0n) is 23.8. The highest BCUT2D eigenvalue weighted by molar-refractivity contribution is 7.88. The van der Waals surface area contributed by atoms with Crippen LogP contribution >= 0.6 is 0 Å². The van der Waals surface area contributed by atoms with Gasteiger partial charge in [-0.2, -0.15) is 9.29 Å². The summed E-state index contributed by atoms with van der Waals surface area (Å²) in [5.41, 5.74) is 2.33. The first kappa shape index (κ1) is 33.2. The van der Waals surface area contributed by atoms with Crippen molar-refractivity contribution in [2.24, 2.45) is 5.92 Å². The highest BCUT2D eigenvalue weighted by Crippen LogP contribution is 2.27. The Morgan fingerprint density at radius 2 is 1.80 bits per heavy atom. The number of hydrogen-bond donors (Lipinski definition) is 1. The molecule has 12 nitrogen and oxygen atoms in total. The number of amides is 2. The zero-order valence-corrected chi connectivity index (χ0v) is 24.6. The van der Waals surface area contributed by atoms with Crippen LogP contribution in [0.4, 0.5) is 5.69 Å². The molecule has 1 N–H and O–H groups in total. The van der Waals surface area contributed by atoms with Crippen LogP contribution in [0.3, 0.4) is 0 Å². The normalized spacial score (nSPS) is 14.6. The summed E-state index contributed by atoms with van der Waals surface area (Å²) in [7, 11) is -1.60. The number of carbonyl (C=O) groups is 2. The van der Waals surface area contributed by atoms with Crippen molar-refractivity contribution in [3.63, 3.8) is 0 Å². The first-order valence-electron chi connectivity index (χ1n) is 13.2. The van der Waals surface area contributed by atoms with Gasteiger partial charge in [-0.15, -0.1) is 0 Å².